The Balaban J connectivity index is 1.47. The summed E-state index contributed by atoms with van der Waals surface area (Å²) in [7, 11) is 0. The maximum absolute atomic E-state index is 13.3. The van der Waals surface area contributed by atoms with Gasteiger partial charge in [0, 0.05) is 36.7 Å². The van der Waals surface area contributed by atoms with Gasteiger partial charge in [-0.2, -0.15) is 0 Å². The fourth-order valence-electron chi connectivity index (χ4n) is 3.86. The molecule has 0 saturated heterocycles. The second kappa shape index (κ2) is 10.2. The number of aryl methyl sites for hydroxylation is 2. The second-order valence-corrected chi connectivity index (χ2v) is 8.27. The molecule has 0 unspecified atom stereocenters. The van der Waals surface area contributed by atoms with Crippen LogP contribution in [0.3, 0.4) is 0 Å². The van der Waals surface area contributed by atoms with Crippen molar-refractivity contribution in [3.63, 3.8) is 0 Å². The zero-order valence-corrected chi connectivity index (χ0v) is 19.0. The lowest BCUT2D eigenvalue weighted by atomic mass is 10.1. The van der Waals surface area contributed by atoms with Crippen LogP contribution in [0.4, 0.5) is 5.69 Å². The summed E-state index contributed by atoms with van der Waals surface area (Å²) in [6.45, 7) is 5.83. The van der Waals surface area contributed by atoms with E-state index in [-0.39, 0.29) is 11.5 Å². The van der Waals surface area contributed by atoms with Crippen LogP contribution in [0.1, 0.15) is 33.5 Å². The summed E-state index contributed by atoms with van der Waals surface area (Å²) in [6, 6.07) is 24.8. The molecule has 1 N–H and O–H groups in total. The zero-order chi connectivity index (χ0) is 23.2. The van der Waals surface area contributed by atoms with Gasteiger partial charge >= 0.3 is 5.63 Å². The molecular formula is C28H28N2O3. The Morgan fingerprint density at radius 3 is 2.45 bits per heavy atom. The number of hydrogen-bond acceptors (Lipinski definition) is 4. The molecule has 0 aliphatic carbocycles. The van der Waals surface area contributed by atoms with Crippen LogP contribution in [0.15, 0.2) is 88.1 Å². The molecule has 1 heterocycles. The van der Waals surface area contributed by atoms with Gasteiger partial charge < -0.3 is 14.6 Å². The smallest absolute Gasteiger partial charge is 0.338 e. The minimum absolute atomic E-state index is 0.0211. The average Bonchev–Trinajstić information content (AvgIpc) is 2.82. The number of amides is 1. The summed E-state index contributed by atoms with van der Waals surface area (Å²) in [5.41, 5.74) is 5.00. The molecule has 1 aromatic heterocycles. The Morgan fingerprint density at radius 1 is 0.909 bits per heavy atom. The molecule has 4 rings (SSSR count). The number of nitrogens with zero attached hydrogens (tertiary/aromatic N) is 1. The Hall–Kier alpha value is -3.86. The summed E-state index contributed by atoms with van der Waals surface area (Å²) in [5.74, 6) is 0.0211. The number of para-hydroxylation sites is 1. The van der Waals surface area contributed by atoms with Gasteiger partial charge in [0.05, 0.1) is 5.69 Å². The molecule has 5 nitrogen and oxygen atoms in total. The highest BCUT2D eigenvalue weighted by Crippen LogP contribution is 2.21. The molecule has 33 heavy (non-hydrogen) atoms. The molecule has 0 aliphatic heterocycles. The predicted octanol–water partition coefficient (Wildman–Crippen LogP) is 5.55. The van der Waals surface area contributed by atoms with Crippen molar-refractivity contribution in [2.45, 2.75) is 26.8 Å². The van der Waals surface area contributed by atoms with Gasteiger partial charge in [-0.1, -0.05) is 48.5 Å². The number of anilines is 1. The van der Waals surface area contributed by atoms with Crippen LogP contribution < -0.4 is 10.9 Å². The number of carbonyl (C=O) groups is 1. The van der Waals surface area contributed by atoms with Gasteiger partial charge in [0.25, 0.3) is 5.91 Å². The molecule has 0 radical (unpaired) electrons. The molecule has 5 heteroatoms. The molecule has 0 fully saturated rings. The van der Waals surface area contributed by atoms with Crippen LogP contribution >= 0.6 is 0 Å². The molecule has 0 aliphatic rings. The van der Waals surface area contributed by atoms with Gasteiger partial charge in [0.2, 0.25) is 0 Å². The van der Waals surface area contributed by atoms with Crippen LogP contribution in [0.25, 0.3) is 11.0 Å². The molecule has 0 spiro atoms. The van der Waals surface area contributed by atoms with Crippen molar-refractivity contribution in [2.75, 3.05) is 18.4 Å². The standard InChI is InChI=1S/C28H28N2O3/c1-20-13-14-23(17-21(20)2)28(32)30(19-22-9-4-3-5-10-22)16-8-15-29-25-18-27(31)33-26-12-7-6-11-24(25)26/h3-7,9-14,17-18,29H,8,15-16,19H2,1-2H3. The first-order chi connectivity index (χ1) is 16.0. The molecule has 3 aromatic carbocycles. The SMILES string of the molecule is Cc1ccc(C(=O)N(CCCNc2cc(=O)oc3ccccc23)Cc2ccccc2)cc1C. The fourth-order valence-corrected chi connectivity index (χ4v) is 3.86. The average molecular weight is 441 g/mol. The summed E-state index contributed by atoms with van der Waals surface area (Å²) in [4.78, 5) is 27.1. The second-order valence-electron chi connectivity index (χ2n) is 8.27. The number of benzene rings is 3. The Labute approximate surface area is 193 Å². The van der Waals surface area contributed by atoms with E-state index in [4.69, 9.17) is 4.42 Å². The van der Waals surface area contributed by atoms with Crippen molar-refractivity contribution in [1.29, 1.82) is 0 Å². The van der Waals surface area contributed by atoms with Gasteiger partial charge in [-0.15, -0.1) is 0 Å². The Morgan fingerprint density at radius 2 is 1.67 bits per heavy atom. The summed E-state index contributed by atoms with van der Waals surface area (Å²) >= 11 is 0. The van der Waals surface area contributed by atoms with E-state index in [9.17, 15) is 9.59 Å². The largest absolute Gasteiger partial charge is 0.423 e. The summed E-state index contributed by atoms with van der Waals surface area (Å²) in [6.07, 6.45) is 0.734. The first-order valence-electron chi connectivity index (χ1n) is 11.2. The van der Waals surface area contributed by atoms with Crippen LogP contribution in [0, 0.1) is 13.8 Å². The minimum atomic E-state index is -0.383. The molecular weight excluding hydrogens is 412 g/mol. The van der Waals surface area contributed by atoms with E-state index in [1.807, 2.05) is 85.5 Å². The van der Waals surface area contributed by atoms with Gasteiger partial charge in [0.15, 0.2) is 0 Å². The molecule has 1 amide bonds. The predicted molar refractivity (Wildman–Crippen MR) is 133 cm³/mol. The van der Waals surface area contributed by atoms with Crippen LogP contribution in [-0.2, 0) is 6.54 Å². The normalized spacial score (nSPS) is 10.8. The van der Waals surface area contributed by atoms with Crippen molar-refractivity contribution < 1.29 is 9.21 Å². The third-order valence-electron chi connectivity index (χ3n) is 5.83. The third-order valence-corrected chi connectivity index (χ3v) is 5.83. The Kier molecular flexibility index (Phi) is 6.89. The number of hydrogen-bond donors (Lipinski definition) is 1. The minimum Gasteiger partial charge on any atom is -0.423 e. The zero-order valence-electron chi connectivity index (χ0n) is 19.0. The quantitative estimate of drug-likeness (QED) is 0.288. The van der Waals surface area contributed by atoms with E-state index in [1.54, 1.807) is 6.07 Å². The van der Waals surface area contributed by atoms with Crippen molar-refractivity contribution in [1.82, 2.24) is 4.90 Å². The molecule has 168 valence electrons. The van der Waals surface area contributed by atoms with Gasteiger partial charge in [-0.25, -0.2) is 4.79 Å². The van der Waals surface area contributed by atoms with Gasteiger partial charge in [-0.3, -0.25) is 4.79 Å². The van der Waals surface area contributed by atoms with Crippen LogP contribution in [-0.4, -0.2) is 23.9 Å². The topological polar surface area (TPSA) is 62.6 Å². The van der Waals surface area contributed by atoms with Gasteiger partial charge in [0.1, 0.15) is 5.58 Å². The number of carbonyl (C=O) groups excluding carboxylic acids is 1. The van der Waals surface area contributed by atoms with Crippen molar-refractivity contribution in [3.8, 4) is 0 Å². The van der Waals surface area contributed by atoms with Crippen molar-refractivity contribution >= 4 is 22.6 Å². The highest BCUT2D eigenvalue weighted by atomic mass is 16.4. The lowest BCUT2D eigenvalue weighted by Crippen LogP contribution is -2.32. The number of nitrogens with one attached hydrogen (secondary N) is 1. The molecule has 0 bridgehead atoms. The van der Waals surface area contributed by atoms with E-state index in [2.05, 4.69) is 5.32 Å². The van der Waals surface area contributed by atoms with Crippen molar-refractivity contribution in [3.05, 3.63) is 112 Å². The lowest BCUT2D eigenvalue weighted by molar-refractivity contribution is 0.0742. The maximum Gasteiger partial charge on any atom is 0.338 e. The van der Waals surface area contributed by atoms with Gasteiger partial charge in [-0.05, 0) is 61.2 Å². The summed E-state index contributed by atoms with van der Waals surface area (Å²) < 4.78 is 5.26. The Bertz CT molecular complexity index is 1310. The first kappa shape index (κ1) is 22.3. The third kappa shape index (κ3) is 5.50. The maximum atomic E-state index is 13.3. The first-order valence-corrected chi connectivity index (χ1v) is 11.2. The molecule has 4 aromatic rings. The highest BCUT2D eigenvalue weighted by Gasteiger charge is 2.17. The van der Waals surface area contributed by atoms with E-state index < -0.39 is 0 Å². The lowest BCUT2D eigenvalue weighted by Gasteiger charge is -2.24. The molecule has 0 atom stereocenters. The van der Waals surface area contributed by atoms with E-state index in [1.165, 1.54) is 11.6 Å². The number of rotatable bonds is 8. The van der Waals surface area contributed by atoms with Crippen LogP contribution in [0.2, 0.25) is 0 Å². The van der Waals surface area contributed by atoms with E-state index >= 15 is 0 Å². The number of fused-ring (bicyclic) bond motifs is 1. The van der Waals surface area contributed by atoms with Crippen molar-refractivity contribution in [2.24, 2.45) is 0 Å². The monoisotopic (exact) mass is 440 g/mol. The summed E-state index contributed by atoms with van der Waals surface area (Å²) in [5, 5.41) is 4.21. The fraction of sp³-hybridized carbons (Fsp3) is 0.214. The van der Waals surface area contributed by atoms with E-state index in [0.29, 0.717) is 30.8 Å². The van der Waals surface area contributed by atoms with Crippen LogP contribution in [0.5, 0.6) is 0 Å². The molecule has 0 saturated carbocycles. The van der Waals surface area contributed by atoms with E-state index in [0.717, 1.165) is 28.6 Å². The highest BCUT2D eigenvalue weighted by molar-refractivity contribution is 5.94.